The molecule has 2 N–H and O–H groups in total. The molecule has 6 rings (SSSR count). The van der Waals surface area contributed by atoms with E-state index in [-0.39, 0.29) is 0 Å². The number of hydrogen-bond donors (Lipinski definition) is 1. The third-order valence-electron chi connectivity index (χ3n) is 8.64. The first-order valence-corrected chi connectivity index (χ1v) is 9.37. The van der Waals surface area contributed by atoms with E-state index in [2.05, 4.69) is 0 Å². The zero-order chi connectivity index (χ0) is 13.4. The van der Waals surface area contributed by atoms with Gasteiger partial charge in [-0.3, -0.25) is 0 Å². The average Bonchev–Trinajstić information content (AvgIpc) is 2.83. The molecule has 0 heterocycles. The standard InChI is InChI=1S/C19H31N/c20-13-19(11-17(12-19)3-1-2-4-17)18-8-14-5-15(9-18)7-16(6-14)10-18/h14-16H,1-13,20H2. The molecule has 0 aromatic rings. The van der Waals surface area contributed by atoms with Gasteiger partial charge in [-0.05, 0) is 105 Å². The third kappa shape index (κ3) is 1.44. The van der Waals surface area contributed by atoms with Crippen LogP contribution in [-0.4, -0.2) is 6.54 Å². The summed E-state index contributed by atoms with van der Waals surface area (Å²) in [6, 6.07) is 0. The van der Waals surface area contributed by atoms with Gasteiger partial charge in [0, 0.05) is 0 Å². The fourth-order valence-electron chi connectivity index (χ4n) is 8.36. The van der Waals surface area contributed by atoms with Gasteiger partial charge in [0.15, 0.2) is 0 Å². The van der Waals surface area contributed by atoms with Crippen LogP contribution < -0.4 is 5.73 Å². The molecule has 0 amide bonds. The summed E-state index contributed by atoms with van der Waals surface area (Å²) in [5, 5.41) is 0. The molecular weight excluding hydrogens is 242 g/mol. The van der Waals surface area contributed by atoms with Crippen molar-refractivity contribution >= 4 is 0 Å². The second-order valence-electron chi connectivity index (χ2n) is 9.74. The number of rotatable bonds is 2. The van der Waals surface area contributed by atoms with Crippen LogP contribution in [0.4, 0.5) is 0 Å². The molecule has 0 saturated heterocycles. The summed E-state index contributed by atoms with van der Waals surface area (Å²) < 4.78 is 0. The highest BCUT2D eigenvalue weighted by Crippen LogP contribution is 2.75. The highest BCUT2D eigenvalue weighted by atomic mass is 14.8. The highest BCUT2D eigenvalue weighted by Gasteiger charge is 2.67. The van der Waals surface area contributed by atoms with E-state index in [1.165, 1.54) is 38.5 Å². The van der Waals surface area contributed by atoms with E-state index in [4.69, 9.17) is 5.73 Å². The molecule has 4 bridgehead atoms. The Hall–Kier alpha value is -0.0400. The number of hydrogen-bond acceptors (Lipinski definition) is 1. The van der Waals surface area contributed by atoms with Crippen LogP contribution in [0.5, 0.6) is 0 Å². The van der Waals surface area contributed by atoms with Crippen LogP contribution >= 0.6 is 0 Å². The molecule has 6 aliphatic carbocycles. The van der Waals surface area contributed by atoms with Crippen LogP contribution in [0, 0.1) is 34.0 Å². The Labute approximate surface area is 124 Å². The van der Waals surface area contributed by atoms with Crippen molar-refractivity contribution in [1.29, 1.82) is 0 Å². The first-order valence-electron chi connectivity index (χ1n) is 9.37. The molecule has 1 spiro atoms. The Morgan fingerprint density at radius 1 is 0.800 bits per heavy atom. The largest absolute Gasteiger partial charge is 0.330 e. The van der Waals surface area contributed by atoms with E-state index in [1.54, 1.807) is 38.5 Å². The normalized spacial score (nSPS) is 50.5. The summed E-state index contributed by atoms with van der Waals surface area (Å²) in [4.78, 5) is 0. The molecule has 0 radical (unpaired) electrons. The molecule has 0 atom stereocenters. The predicted molar refractivity (Wildman–Crippen MR) is 82.2 cm³/mol. The SMILES string of the molecule is NCC1(C23CC4CC(CC(C4)C2)C3)CC2(CCCC2)C1. The molecule has 20 heavy (non-hydrogen) atoms. The van der Waals surface area contributed by atoms with Crippen molar-refractivity contribution < 1.29 is 0 Å². The monoisotopic (exact) mass is 273 g/mol. The average molecular weight is 273 g/mol. The molecule has 0 aromatic heterocycles. The Kier molecular flexibility index (Phi) is 2.39. The second kappa shape index (κ2) is 3.83. The van der Waals surface area contributed by atoms with Gasteiger partial charge in [-0.1, -0.05) is 12.8 Å². The fourth-order valence-corrected chi connectivity index (χ4v) is 8.36. The van der Waals surface area contributed by atoms with Crippen molar-refractivity contribution in [3.8, 4) is 0 Å². The highest BCUT2D eigenvalue weighted by molar-refractivity contribution is 5.17. The van der Waals surface area contributed by atoms with Crippen molar-refractivity contribution in [1.82, 2.24) is 0 Å². The molecule has 112 valence electrons. The molecule has 6 fully saturated rings. The Morgan fingerprint density at radius 3 is 1.75 bits per heavy atom. The summed E-state index contributed by atoms with van der Waals surface area (Å²) >= 11 is 0. The van der Waals surface area contributed by atoms with E-state index < -0.39 is 0 Å². The minimum atomic E-state index is 0.577. The predicted octanol–water partition coefficient (Wildman–Crippen LogP) is 4.50. The van der Waals surface area contributed by atoms with E-state index in [0.717, 1.165) is 29.7 Å². The van der Waals surface area contributed by atoms with Gasteiger partial charge in [0.1, 0.15) is 0 Å². The van der Waals surface area contributed by atoms with Gasteiger partial charge < -0.3 is 5.73 Å². The Bertz CT molecular complexity index is 374. The molecule has 1 nitrogen and oxygen atoms in total. The molecule has 0 aliphatic heterocycles. The maximum Gasteiger partial charge on any atom is -0.00148 e. The van der Waals surface area contributed by atoms with Gasteiger partial charge in [-0.15, -0.1) is 0 Å². The van der Waals surface area contributed by atoms with E-state index in [0.29, 0.717) is 10.8 Å². The van der Waals surface area contributed by atoms with Crippen molar-refractivity contribution in [3.05, 3.63) is 0 Å². The van der Waals surface area contributed by atoms with E-state index in [9.17, 15) is 0 Å². The lowest BCUT2D eigenvalue weighted by molar-refractivity contribution is -0.200. The zero-order valence-corrected chi connectivity index (χ0v) is 13.0. The van der Waals surface area contributed by atoms with Crippen molar-refractivity contribution in [2.24, 2.45) is 39.7 Å². The minimum absolute atomic E-state index is 0.577. The van der Waals surface area contributed by atoms with Crippen LogP contribution in [0.25, 0.3) is 0 Å². The molecular formula is C19H31N. The van der Waals surface area contributed by atoms with Gasteiger partial charge in [0.2, 0.25) is 0 Å². The maximum absolute atomic E-state index is 6.44. The first kappa shape index (κ1) is 12.5. The summed E-state index contributed by atoms with van der Waals surface area (Å²) in [5.74, 6) is 3.26. The second-order valence-corrected chi connectivity index (χ2v) is 9.74. The van der Waals surface area contributed by atoms with Crippen LogP contribution in [0.15, 0.2) is 0 Å². The molecule has 6 aliphatic rings. The smallest absolute Gasteiger partial charge is 0.00148 e. The van der Waals surface area contributed by atoms with Crippen LogP contribution in [-0.2, 0) is 0 Å². The Balaban J connectivity index is 1.46. The maximum atomic E-state index is 6.44. The summed E-state index contributed by atoms with van der Waals surface area (Å²) in [5.41, 5.74) is 8.48. The topological polar surface area (TPSA) is 26.0 Å². The van der Waals surface area contributed by atoms with Crippen molar-refractivity contribution in [3.63, 3.8) is 0 Å². The van der Waals surface area contributed by atoms with Crippen LogP contribution in [0.1, 0.15) is 77.0 Å². The van der Waals surface area contributed by atoms with Gasteiger partial charge >= 0.3 is 0 Å². The molecule has 1 heteroatoms. The van der Waals surface area contributed by atoms with Crippen LogP contribution in [0.2, 0.25) is 0 Å². The van der Waals surface area contributed by atoms with E-state index in [1.807, 2.05) is 0 Å². The third-order valence-corrected chi connectivity index (χ3v) is 8.64. The molecule has 6 saturated carbocycles. The van der Waals surface area contributed by atoms with E-state index >= 15 is 0 Å². The van der Waals surface area contributed by atoms with Gasteiger partial charge in [0.05, 0.1) is 0 Å². The lowest BCUT2D eigenvalue weighted by atomic mass is 9.35. The van der Waals surface area contributed by atoms with Crippen molar-refractivity contribution in [2.75, 3.05) is 6.54 Å². The molecule has 0 unspecified atom stereocenters. The quantitative estimate of drug-likeness (QED) is 0.787. The lowest BCUT2D eigenvalue weighted by Crippen LogP contribution is -2.64. The summed E-state index contributed by atoms with van der Waals surface area (Å²) in [6.07, 6.45) is 18.5. The number of nitrogens with two attached hydrogens (primary N) is 1. The first-order chi connectivity index (χ1) is 9.67. The fraction of sp³-hybridized carbons (Fsp3) is 1.00. The Morgan fingerprint density at radius 2 is 1.30 bits per heavy atom. The van der Waals surface area contributed by atoms with Gasteiger partial charge in [-0.2, -0.15) is 0 Å². The summed E-state index contributed by atoms with van der Waals surface area (Å²) in [6.45, 7) is 1.00. The van der Waals surface area contributed by atoms with Crippen LogP contribution in [0.3, 0.4) is 0 Å². The van der Waals surface area contributed by atoms with Gasteiger partial charge in [0.25, 0.3) is 0 Å². The summed E-state index contributed by atoms with van der Waals surface area (Å²) in [7, 11) is 0. The lowest BCUT2D eigenvalue weighted by Gasteiger charge is -2.70. The zero-order valence-electron chi connectivity index (χ0n) is 13.0. The van der Waals surface area contributed by atoms with Crippen molar-refractivity contribution in [2.45, 2.75) is 77.0 Å². The minimum Gasteiger partial charge on any atom is -0.330 e. The van der Waals surface area contributed by atoms with Gasteiger partial charge in [-0.25, -0.2) is 0 Å². The molecule has 0 aromatic carbocycles.